The van der Waals surface area contributed by atoms with E-state index in [0.717, 1.165) is 12.1 Å². The molecule has 0 aliphatic heterocycles. The monoisotopic (exact) mass is 568 g/mol. The summed E-state index contributed by atoms with van der Waals surface area (Å²) in [6.07, 6.45) is -5.15. The van der Waals surface area contributed by atoms with Crippen LogP contribution in [0.1, 0.15) is 29.9 Å². The smallest absolute Gasteiger partial charge is 0.434 e. The number of halogens is 7. The van der Waals surface area contributed by atoms with Gasteiger partial charge in [0.25, 0.3) is 0 Å². The standard InChI is InChI=1S/C15H11BrClF4IN2O2/c1-6(2)26-14(25)7-3-8(10(18)4-9(7)17)12-11(16)13(15(19,20)21)24(5-22)23-12/h3-4,6H,5H2,1-2H3. The molecule has 26 heavy (non-hydrogen) atoms. The van der Waals surface area contributed by atoms with Gasteiger partial charge in [-0.05, 0) is 41.9 Å². The number of hydrogen-bond donors (Lipinski definition) is 0. The number of esters is 1. The van der Waals surface area contributed by atoms with Gasteiger partial charge in [0.2, 0.25) is 0 Å². The van der Waals surface area contributed by atoms with Crippen molar-refractivity contribution >= 4 is 56.1 Å². The van der Waals surface area contributed by atoms with Gasteiger partial charge in [-0.1, -0.05) is 34.2 Å². The van der Waals surface area contributed by atoms with Gasteiger partial charge in [0, 0.05) is 5.56 Å². The van der Waals surface area contributed by atoms with Crippen molar-refractivity contribution in [1.29, 1.82) is 0 Å². The van der Waals surface area contributed by atoms with E-state index in [-0.39, 0.29) is 26.4 Å². The highest BCUT2D eigenvalue weighted by atomic mass is 127. The number of hydrogen-bond acceptors (Lipinski definition) is 3. The number of carbonyl (C=O) groups excluding carboxylic acids is 1. The molecule has 1 heterocycles. The van der Waals surface area contributed by atoms with Crippen LogP contribution in [0.15, 0.2) is 16.6 Å². The lowest BCUT2D eigenvalue weighted by Crippen LogP contribution is -2.13. The molecule has 0 fully saturated rings. The minimum atomic E-state index is -4.70. The first-order chi connectivity index (χ1) is 12.0. The fourth-order valence-corrected chi connectivity index (χ4v) is 3.58. The average molecular weight is 570 g/mol. The summed E-state index contributed by atoms with van der Waals surface area (Å²) < 4.78 is 59.3. The maximum atomic E-state index is 14.4. The van der Waals surface area contributed by atoms with E-state index in [1.807, 2.05) is 0 Å². The second-order valence-corrected chi connectivity index (χ2v) is 7.28. The molecule has 0 radical (unpaired) electrons. The Balaban J connectivity index is 2.66. The molecule has 0 saturated heterocycles. The summed E-state index contributed by atoms with van der Waals surface area (Å²) >= 11 is 10.4. The Hall–Kier alpha value is -0.880. The van der Waals surface area contributed by atoms with Crippen molar-refractivity contribution in [3.8, 4) is 11.3 Å². The van der Waals surface area contributed by atoms with Gasteiger partial charge in [-0.15, -0.1) is 0 Å². The predicted octanol–water partition coefficient (Wildman–Crippen LogP) is 6.08. The summed E-state index contributed by atoms with van der Waals surface area (Å²) in [4.78, 5) is 12.1. The molecular weight excluding hydrogens is 558 g/mol. The second-order valence-electron chi connectivity index (χ2n) is 5.39. The molecule has 0 aliphatic rings. The van der Waals surface area contributed by atoms with Gasteiger partial charge in [0.15, 0.2) is 5.69 Å². The van der Waals surface area contributed by atoms with Crippen LogP contribution in [0.2, 0.25) is 5.02 Å². The molecule has 0 saturated carbocycles. The van der Waals surface area contributed by atoms with Crippen molar-refractivity contribution in [3.05, 3.63) is 38.7 Å². The van der Waals surface area contributed by atoms with Crippen molar-refractivity contribution in [2.75, 3.05) is 0 Å². The van der Waals surface area contributed by atoms with Crippen LogP contribution in [-0.4, -0.2) is 21.9 Å². The van der Waals surface area contributed by atoms with Crippen LogP contribution in [0.5, 0.6) is 0 Å². The summed E-state index contributed by atoms with van der Waals surface area (Å²) in [7, 11) is 0. The lowest BCUT2D eigenvalue weighted by Gasteiger charge is -2.11. The van der Waals surface area contributed by atoms with Crippen LogP contribution in [0.25, 0.3) is 11.3 Å². The Morgan fingerprint density at radius 1 is 1.42 bits per heavy atom. The Kier molecular flexibility index (Phi) is 6.60. The molecule has 0 aliphatic carbocycles. The van der Waals surface area contributed by atoms with Gasteiger partial charge in [-0.2, -0.15) is 18.3 Å². The van der Waals surface area contributed by atoms with Crippen LogP contribution >= 0.6 is 50.1 Å². The average Bonchev–Trinajstić information content (AvgIpc) is 2.83. The molecular formula is C15H11BrClF4IN2O2. The Bertz CT molecular complexity index is 855. The number of carbonyl (C=O) groups is 1. The van der Waals surface area contributed by atoms with Crippen molar-refractivity contribution in [2.45, 2.75) is 30.7 Å². The third-order valence-corrected chi connectivity index (χ3v) is 4.86. The second kappa shape index (κ2) is 8.01. The number of aromatic nitrogens is 2. The minimum Gasteiger partial charge on any atom is -0.459 e. The largest absolute Gasteiger partial charge is 0.459 e. The van der Waals surface area contributed by atoms with E-state index >= 15 is 0 Å². The molecule has 0 unspecified atom stereocenters. The topological polar surface area (TPSA) is 44.1 Å². The maximum absolute atomic E-state index is 14.4. The van der Waals surface area contributed by atoms with E-state index in [2.05, 4.69) is 21.0 Å². The van der Waals surface area contributed by atoms with Crippen molar-refractivity contribution in [3.63, 3.8) is 0 Å². The zero-order chi connectivity index (χ0) is 19.8. The highest BCUT2D eigenvalue weighted by Crippen LogP contribution is 2.41. The molecule has 2 rings (SSSR count). The lowest BCUT2D eigenvalue weighted by molar-refractivity contribution is -0.144. The van der Waals surface area contributed by atoms with E-state index in [4.69, 9.17) is 16.3 Å². The van der Waals surface area contributed by atoms with E-state index in [0.29, 0.717) is 4.68 Å². The zero-order valence-electron chi connectivity index (χ0n) is 13.3. The summed E-state index contributed by atoms with van der Waals surface area (Å²) in [6.45, 7) is 3.23. The summed E-state index contributed by atoms with van der Waals surface area (Å²) in [6, 6.07) is 1.88. The molecule has 0 spiro atoms. The molecule has 0 N–H and O–H groups in total. The first-order valence-corrected chi connectivity index (χ1v) is 9.76. The van der Waals surface area contributed by atoms with Crippen LogP contribution in [0.3, 0.4) is 0 Å². The van der Waals surface area contributed by atoms with Crippen LogP contribution in [0, 0.1) is 5.82 Å². The fraction of sp³-hybridized carbons (Fsp3) is 0.333. The number of ether oxygens (including phenoxy) is 1. The van der Waals surface area contributed by atoms with Crippen LogP contribution < -0.4 is 0 Å². The van der Waals surface area contributed by atoms with E-state index in [1.165, 1.54) is 0 Å². The molecule has 2 aromatic rings. The normalized spacial score (nSPS) is 11.9. The number of nitrogens with zero attached hydrogens (tertiary/aromatic N) is 2. The van der Waals surface area contributed by atoms with Crippen molar-refractivity contribution in [2.24, 2.45) is 0 Å². The quantitative estimate of drug-likeness (QED) is 0.194. The lowest BCUT2D eigenvalue weighted by atomic mass is 10.1. The van der Waals surface area contributed by atoms with Crippen molar-refractivity contribution < 1.29 is 27.1 Å². The van der Waals surface area contributed by atoms with Crippen LogP contribution in [-0.2, 0) is 15.5 Å². The van der Waals surface area contributed by atoms with Crippen molar-refractivity contribution in [1.82, 2.24) is 9.78 Å². The molecule has 1 aromatic heterocycles. The summed E-state index contributed by atoms with van der Waals surface area (Å²) in [5, 5.41) is 3.61. The van der Waals surface area contributed by atoms with Gasteiger partial charge in [0.05, 0.1) is 25.7 Å². The first-order valence-electron chi connectivity index (χ1n) is 7.07. The van der Waals surface area contributed by atoms with E-state index in [1.54, 1.807) is 36.4 Å². The first kappa shape index (κ1) is 21.4. The highest BCUT2D eigenvalue weighted by molar-refractivity contribution is 14.1. The Labute approximate surface area is 173 Å². The molecule has 142 valence electrons. The fourth-order valence-electron chi connectivity index (χ4n) is 2.13. The van der Waals surface area contributed by atoms with E-state index in [9.17, 15) is 22.4 Å². The Morgan fingerprint density at radius 2 is 2.04 bits per heavy atom. The maximum Gasteiger partial charge on any atom is 0.434 e. The molecule has 4 nitrogen and oxygen atoms in total. The third kappa shape index (κ3) is 4.33. The van der Waals surface area contributed by atoms with Gasteiger partial charge < -0.3 is 4.74 Å². The highest BCUT2D eigenvalue weighted by Gasteiger charge is 2.40. The number of benzene rings is 1. The minimum absolute atomic E-state index is 0.108. The van der Waals surface area contributed by atoms with Gasteiger partial charge in [-0.3, -0.25) is 0 Å². The Morgan fingerprint density at radius 3 is 2.50 bits per heavy atom. The van der Waals surface area contributed by atoms with E-state index < -0.39 is 34.2 Å². The molecule has 1 aromatic carbocycles. The SMILES string of the molecule is CC(C)OC(=O)c1cc(-c2nn(CI)c(C(F)(F)F)c2Br)c(F)cc1Cl. The van der Waals surface area contributed by atoms with Crippen LogP contribution in [0.4, 0.5) is 17.6 Å². The molecule has 0 amide bonds. The molecule has 11 heteroatoms. The summed E-state index contributed by atoms with van der Waals surface area (Å²) in [5.74, 6) is -1.73. The van der Waals surface area contributed by atoms with Gasteiger partial charge in [-0.25, -0.2) is 13.9 Å². The summed E-state index contributed by atoms with van der Waals surface area (Å²) in [5.41, 5.74) is -1.81. The zero-order valence-corrected chi connectivity index (χ0v) is 17.8. The molecule has 0 atom stereocenters. The van der Waals surface area contributed by atoms with Gasteiger partial charge >= 0.3 is 12.1 Å². The predicted molar refractivity (Wildman–Crippen MR) is 99.9 cm³/mol. The third-order valence-electron chi connectivity index (χ3n) is 3.15. The number of alkyl halides is 4. The number of rotatable bonds is 4. The molecule has 0 bridgehead atoms. The van der Waals surface area contributed by atoms with Gasteiger partial charge in [0.1, 0.15) is 11.5 Å².